The minimum Gasteiger partial charge on any atom is -0.497 e. The van der Waals surface area contributed by atoms with Crippen molar-refractivity contribution < 1.29 is 9.47 Å². The van der Waals surface area contributed by atoms with Crippen LogP contribution in [0.15, 0.2) is 78.9 Å². The molecule has 120 valence electrons. The number of hydrogen-bond donors (Lipinski definition) is 0. The molecule has 0 amide bonds. The molecule has 0 N–H and O–H groups in total. The van der Waals surface area contributed by atoms with Gasteiger partial charge >= 0.3 is 0 Å². The smallest absolute Gasteiger partial charge is 0.131 e. The molecule has 0 saturated carbocycles. The van der Waals surface area contributed by atoms with Crippen LogP contribution in [-0.2, 0) is 6.42 Å². The summed E-state index contributed by atoms with van der Waals surface area (Å²) in [5.41, 5.74) is 3.77. The van der Waals surface area contributed by atoms with Crippen molar-refractivity contribution in [2.24, 2.45) is 0 Å². The van der Waals surface area contributed by atoms with Gasteiger partial charge in [0.2, 0.25) is 0 Å². The predicted molar refractivity (Wildman–Crippen MR) is 95.7 cm³/mol. The quantitative estimate of drug-likeness (QED) is 0.665. The first-order valence-electron chi connectivity index (χ1n) is 8.28. The maximum absolute atomic E-state index is 6.42. The fourth-order valence-electron chi connectivity index (χ4n) is 3.44. The molecule has 3 aromatic carbocycles. The van der Waals surface area contributed by atoms with Crippen molar-refractivity contribution >= 4 is 0 Å². The van der Waals surface area contributed by atoms with E-state index in [1.165, 1.54) is 16.7 Å². The summed E-state index contributed by atoms with van der Waals surface area (Å²) in [5, 5.41) is 0. The lowest BCUT2D eigenvalue weighted by molar-refractivity contribution is 0.151. The molecule has 2 nitrogen and oxygen atoms in total. The van der Waals surface area contributed by atoms with Gasteiger partial charge in [-0.25, -0.2) is 0 Å². The van der Waals surface area contributed by atoms with Gasteiger partial charge in [0.1, 0.15) is 17.6 Å². The number of para-hydroxylation sites is 1. The molecule has 24 heavy (non-hydrogen) atoms. The first kappa shape index (κ1) is 14.8. The van der Waals surface area contributed by atoms with Crippen molar-refractivity contribution in [2.75, 3.05) is 7.11 Å². The molecule has 1 aliphatic rings. The van der Waals surface area contributed by atoms with Crippen molar-refractivity contribution in [3.8, 4) is 11.5 Å². The molecule has 0 radical (unpaired) electrons. The Morgan fingerprint density at radius 1 is 0.792 bits per heavy atom. The highest BCUT2D eigenvalue weighted by Crippen LogP contribution is 2.43. The molecular formula is C22H20O2. The van der Waals surface area contributed by atoms with Gasteiger partial charge in [-0.3, -0.25) is 0 Å². The second-order valence-electron chi connectivity index (χ2n) is 6.14. The Kier molecular flexibility index (Phi) is 3.96. The van der Waals surface area contributed by atoms with E-state index >= 15 is 0 Å². The Balaban J connectivity index is 1.75. The van der Waals surface area contributed by atoms with Gasteiger partial charge in [-0.15, -0.1) is 0 Å². The fourth-order valence-corrected chi connectivity index (χ4v) is 3.44. The number of rotatable bonds is 3. The molecular weight excluding hydrogens is 296 g/mol. The van der Waals surface area contributed by atoms with Crippen LogP contribution in [0.1, 0.15) is 28.7 Å². The number of ether oxygens (including phenoxy) is 2. The Morgan fingerprint density at radius 2 is 1.50 bits per heavy atom. The van der Waals surface area contributed by atoms with E-state index in [9.17, 15) is 0 Å². The molecule has 2 atom stereocenters. The van der Waals surface area contributed by atoms with Crippen molar-refractivity contribution in [1.29, 1.82) is 0 Å². The van der Waals surface area contributed by atoms with Gasteiger partial charge in [0, 0.05) is 5.92 Å². The van der Waals surface area contributed by atoms with Gasteiger partial charge in [-0.05, 0) is 41.3 Å². The Morgan fingerprint density at radius 3 is 2.25 bits per heavy atom. The number of fused-ring (bicyclic) bond motifs is 1. The largest absolute Gasteiger partial charge is 0.497 e. The monoisotopic (exact) mass is 316 g/mol. The maximum Gasteiger partial charge on any atom is 0.131 e. The van der Waals surface area contributed by atoms with Crippen LogP contribution in [0.4, 0.5) is 0 Å². The lowest BCUT2D eigenvalue weighted by atomic mass is 9.82. The van der Waals surface area contributed by atoms with Crippen LogP contribution < -0.4 is 9.47 Å². The Hall–Kier alpha value is -2.74. The molecule has 0 aromatic heterocycles. The fraction of sp³-hybridized carbons (Fsp3) is 0.182. The second kappa shape index (κ2) is 6.40. The highest BCUT2D eigenvalue weighted by Gasteiger charge is 2.32. The number of methoxy groups -OCH3 is 1. The van der Waals surface area contributed by atoms with E-state index in [0.717, 1.165) is 17.9 Å². The molecule has 4 rings (SSSR count). The first-order chi connectivity index (χ1) is 11.8. The van der Waals surface area contributed by atoms with Gasteiger partial charge in [0.05, 0.1) is 7.11 Å². The molecule has 0 spiro atoms. The van der Waals surface area contributed by atoms with Crippen LogP contribution in [0.25, 0.3) is 0 Å². The maximum atomic E-state index is 6.42. The first-order valence-corrected chi connectivity index (χ1v) is 8.28. The van der Waals surface area contributed by atoms with Gasteiger partial charge in [-0.2, -0.15) is 0 Å². The highest BCUT2D eigenvalue weighted by atomic mass is 16.5. The van der Waals surface area contributed by atoms with Crippen LogP contribution in [0.2, 0.25) is 0 Å². The minimum atomic E-state index is 0.00760. The van der Waals surface area contributed by atoms with E-state index in [2.05, 4.69) is 60.7 Å². The molecule has 0 aliphatic carbocycles. The van der Waals surface area contributed by atoms with E-state index in [1.54, 1.807) is 7.11 Å². The summed E-state index contributed by atoms with van der Waals surface area (Å²) in [6, 6.07) is 27.2. The van der Waals surface area contributed by atoms with Crippen molar-refractivity contribution in [2.45, 2.75) is 18.4 Å². The van der Waals surface area contributed by atoms with Crippen LogP contribution in [0, 0.1) is 0 Å². The standard InChI is InChI=1S/C22H20O2/c1-23-19-13-11-17(12-14-19)22-20(16-7-3-2-4-8-16)15-18-9-5-6-10-21(18)24-22/h2-14,20,22H,15H2,1H3/t20-,22-/m1/s1. The van der Waals surface area contributed by atoms with E-state index in [-0.39, 0.29) is 6.10 Å². The number of hydrogen-bond acceptors (Lipinski definition) is 2. The van der Waals surface area contributed by atoms with Gasteiger partial charge < -0.3 is 9.47 Å². The Labute approximate surface area is 142 Å². The molecule has 0 fully saturated rings. The molecule has 0 saturated heterocycles. The minimum absolute atomic E-state index is 0.00760. The van der Waals surface area contributed by atoms with Crippen molar-refractivity contribution in [3.05, 3.63) is 95.6 Å². The molecule has 1 aliphatic heterocycles. The summed E-state index contributed by atoms with van der Waals surface area (Å²) in [5.74, 6) is 2.16. The summed E-state index contributed by atoms with van der Waals surface area (Å²) >= 11 is 0. The normalized spacial score (nSPS) is 19.2. The van der Waals surface area contributed by atoms with Gasteiger partial charge in [0.15, 0.2) is 0 Å². The zero-order valence-electron chi connectivity index (χ0n) is 13.7. The van der Waals surface area contributed by atoms with Crippen LogP contribution >= 0.6 is 0 Å². The molecule has 3 aromatic rings. The lowest BCUT2D eigenvalue weighted by Crippen LogP contribution is -2.24. The molecule has 0 unspecified atom stereocenters. The summed E-state index contributed by atoms with van der Waals surface area (Å²) in [7, 11) is 1.69. The van der Waals surface area contributed by atoms with E-state index in [1.807, 2.05) is 18.2 Å². The summed E-state index contributed by atoms with van der Waals surface area (Å²) in [6.07, 6.45) is 0.991. The molecule has 1 heterocycles. The SMILES string of the molecule is COc1ccc([C@H]2Oc3ccccc3C[C@@H]2c2ccccc2)cc1. The van der Waals surface area contributed by atoms with Crippen molar-refractivity contribution in [3.63, 3.8) is 0 Å². The summed E-state index contributed by atoms with van der Waals surface area (Å²) in [4.78, 5) is 0. The predicted octanol–water partition coefficient (Wildman–Crippen LogP) is 5.16. The van der Waals surface area contributed by atoms with Gasteiger partial charge in [-0.1, -0.05) is 60.7 Å². The molecule has 0 bridgehead atoms. The van der Waals surface area contributed by atoms with Crippen LogP contribution in [0.3, 0.4) is 0 Å². The average molecular weight is 316 g/mol. The summed E-state index contributed by atoms with van der Waals surface area (Å²) in [6.45, 7) is 0. The van der Waals surface area contributed by atoms with Crippen LogP contribution in [0.5, 0.6) is 11.5 Å². The van der Waals surface area contributed by atoms with Gasteiger partial charge in [0.25, 0.3) is 0 Å². The van der Waals surface area contributed by atoms with Crippen molar-refractivity contribution in [1.82, 2.24) is 0 Å². The Bertz CT molecular complexity index is 809. The second-order valence-corrected chi connectivity index (χ2v) is 6.14. The third-order valence-corrected chi connectivity index (χ3v) is 4.70. The summed E-state index contributed by atoms with van der Waals surface area (Å²) < 4.78 is 11.7. The average Bonchev–Trinajstić information content (AvgIpc) is 2.68. The lowest BCUT2D eigenvalue weighted by Gasteiger charge is -2.34. The van der Waals surface area contributed by atoms with E-state index in [0.29, 0.717) is 5.92 Å². The third kappa shape index (κ3) is 2.76. The van der Waals surface area contributed by atoms with E-state index in [4.69, 9.17) is 9.47 Å². The zero-order valence-corrected chi connectivity index (χ0v) is 13.7. The molecule has 2 heteroatoms. The van der Waals surface area contributed by atoms with E-state index < -0.39 is 0 Å². The highest BCUT2D eigenvalue weighted by molar-refractivity contribution is 5.41. The topological polar surface area (TPSA) is 18.5 Å². The zero-order chi connectivity index (χ0) is 16.4. The third-order valence-electron chi connectivity index (χ3n) is 4.70. The van der Waals surface area contributed by atoms with Crippen LogP contribution in [-0.4, -0.2) is 7.11 Å². The number of benzene rings is 3.